The number of carboxylic acids is 1. The van der Waals surface area contributed by atoms with Crippen molar-refractivity contribution in [1.82, 2.24) is 15.0 Å². The number of aromatic nitrogens is 2. The van der Waals surface area contributed by atoms with Crippen molar-refractivity contribution in [3.8, 4) is 0 Å². The minimum absolute atomic E-state index is 0.279. The highest BCUT2D eigenvalue weighted by molar-refractivity contribution is 7.11. The molecule has 4 heterocycles. The van der Waals surface area contributed by atoms with E-state index in [4.69, 9.17) is 19.2 Å². The van der Waals surface area contributed by atoms with E-state index in [-0.39, 0.29) is 5.92 Å². The van der Waals surface area contributed by atoms with Crippen LogP contribution in [0.15, 0.2) is 16.7 Å². The van der Waals surface area contributed by atoms with Crippen LogP contribution >= 0.6 is 11.3 Å². The van der Waals surface area contributed by atoms with Crippen molar-refractivity contribution in [2.75, 3.05) is 13.2 Å². The minimum Gasteiger partial charge on any atom is -0.475 e. The highest BCUT2D eigenvalue weighted by Crippen LogP contribution is 2.37. The number of halogens is 3. The number of carboxylic acid groups (broad SMARTS) is 1. The topological polar surface area (TPSA) is 88.7 Å². The fourth-order valence-electron chi connectivity index (χ4n) is 3.66. The quantitative estimate of drug-likeness (QED) is 0.792. The summed E-state index contributed by atoms with van der Waals surface area (Å²) >= 11 is 1.88. The van der Waals surface area contributed by atoms with Crippen LogP contribution in [0.5, 0.6) is 0 Å². The first-order chi connectivity index (χ1) is 13.6. The number of hydrogen-bond acceptors (Lipinski definition) is 7. The molecule has 0 aliphatic carbocycles. The molecule has 2 fully saturated rings. The first-order valence-corrected chi connectivity index (χ1v) is 9.96. The maximum absolute atomic E-state index is 10.6. The summed E-state index contributed by atoms with van der Waals surface area (Å²) in [5.41, 5.74) is 0. The Balaban J connectivity index is 0.000000298. The van der Waals surface area contributed by atoms with Gasteiger partial charge in [-0.25, -0.2) is 4.79 Å². The van der Waals surface area contributed by atoms with E-state index < -0.39 is 12.1 Å². The van der Waals surface area contributed by atoms with Crippen LogP contribution in [0, 0.1) is 13.8 Å². The van der Waals surface area contributed by atoms with Gasteiger partial charge in [-0.05, 0) is 38.8 Å². The lowest BCUT2D eigenvalue weighted by Crippen LogP contribution is -2.48. The van der Waals surface area contributed by atoms with Crippen molar-refractivity contribution >= 4 is 17.3 Å². The van der Waals surface area contributed by atoms with Gasteiger partial charge >= 0.3 is 12.1 Å². The van der Waals surface area contributed by atoms with Gasteiger partial charge in [-0.3, -0.25) is 4.90 Å². The van der Waals surface area contributed by atoms with E-state index in [9.17, 15) is 13.2 Å². The molecule has 4 rings (SSSR count). The second kappa shape index (κ2) is 8.80. The van der Waals surface area contributed by atoms with E-state index in [1.54, 1.807) is 0 Å². The Morgan fingerprint density at radius 3 is 2.66 bits per heavy atom. The maximum Gasteiger partial charge on any atom is 0.490 e. The molecule has 0 bridgehead atoms. The molecule has 2 aromatic rings. The Labute approximate surface area is 169 Å². The summed E-state index contributed by atoms with van der Waals surface area (Å²) < 4.78 is 43.1. The Morgan fingerprint density at radius 1 is 1.38 bits per heavy atom. The van der Waals surface area contributed by atoms with Crippen LogP contribution in [-0.2, 0) is 16.1 Å². The average Bonchev–Trinajstić information content (AvgIpc) is 3.35. The normalized spacial score (nSPS) is 24.7. The Bertz CT molecular complexity index is 838. The summed E-state index contributed by atoms with van der Waals surface area (Å²) in [4.78, 5) is 18.7. The van der Waals surface area contributed by atoms with E-state index >= 15 is 0 Å². The van der Waals surface area contributed by atoms with Gasteiger partial charge in [-0.15, -0.1) is 11.3 Å². The average molecular weight is 433 g/mol. The third-order valence-corrected chi connectivity index (χ3v) is 5.89. The number of nitrogens with zero attached hydrogens (tertiary/aromatic N) is 3. The maximum atomic E-state index is 10.6. The van der Waals surface area contributed by atoms with Gasteiger partial charge in [0.1, 0.15) is 0 Å². The molecule has 160 valence electrons. The third kappa shape index (κ3) is 5.55. The monoisotopic (exact) mass is 433 g/mol. The summed E-state index contributed by atoms with van der Waals surface area (Å²) in [5.74, 6) is -1.00. The molecule has 0 unspecified atom stereocenters. The van der Waals surface area contributed by atoms with Crippen molar-refractivity contribution in [2.45, 2.75) is 57.5 Å². The number of likely N-dealkylation sites (tertiary alicyclic amines) is 1. The van der Waals surface area contributed by atoms with Gasteiger partial charge in [0.05, 0.1) is 12.0 Å². The second-order valence-electron chi connectivity index (χ2n) is 7.12. The number of piperidine rings is 1. The van der Waals surface area contributed by atoms with Crippen LogP contribution in [0.2, 0.25) is 0 Å². The van der Waals surface area contributed by atoms with Crippen molar-refractivity contribution < 1.29 is 32.3 Å². The fourth-order valence-corrected chi connectivity index (χ4v) is 4.58. The van der Waals surface area contributed by atoms with Gasteiger partial charge < -0.3 is 14.4 Å². The van der Waals surface area contributed by atoms with Crippen LogP contribution < -0.4 is 0 Å². The minimum atomic E-state index is -5.08. The van der Waals surface area contributed by atoms with Crippen LogP contribution in [-0.4, -0.2) is 57.6 Å². The second-order valence-corrected chi connectivity index (χ2v) is 8.49. The predicted octanol–water partition coefficient (Wildman–Crippen LogP) is 3.53. The molecule has 2 saturated heterocycles. The van der Waals surface area contributed by atoms with E-state index in [1.165, 1.54) is 9.75 Å². The zero-order chi connectivity index (χ0) is 21.2. The number of hydrogen-bond donors (Lipinski definition) is 1. The first-order valence-electron chi connectivity index (χ1n) is 9.14. The van der Waals surface area contributed by atoms with Gasteiger partial charge in [-0.1, -0.05) is 5.16 Å². The lowest BCUT2D eigenvalue weighted by molar-refractivity contribution is -0.192. The molecule has 11 heteroatoms. The van der Waals surface area contributed by atoms with Crippen molar-refractivity contribution in [3.63, 3.8) is 0 Å². The molecular formula is C18H22F3N3O4S. The molecule has 0 spiro atoms. The largest absolute Gasteiger partial charge is 0.490 e. The van der Waals surface area contributed by atoms with Crippen LogP contribution in [0.25, 0.3) is 0 Å². The number of aliphatic carboxylic acids is 1. The van der Waals surface area contributed by atoms with E-state index in [1.807, 2.05) is 18.3 Å². The third-order valence-electron chi connectivity index (χ3n) is 4.91. The number of fused-ring (bicyclic) bond motifs is 1. The summed E-state index contributed by atoms with van der Waals surface area (Å²) in [6.45, 7) is 6.87. The molecule has 1 N–H and O–H groups in total. The molecule has 2 aliphatic heterocycles. The van der Waals surface area contributed by atoms with Crippen molar-refractivity contribution in [3.05, 3.63) is 33.6 Å². The number of alkyl halides is 3. The lowest BCUT2D eigenvalue weighted by atomic mass is 9.90. The van der Waals surface area contributed by atoms with Gasteiger partial charge in [0.15, 0.2) is 5.82 Å². The van der Waals surface area contributed by atoms with Gasteiger partial charge in [0.25, 0.3) is 0 Å². The molecule has 3 atom stereocenters. The van der Waals surface area contributed by atoms with Gasteiger partial charge in [-0.2, -0.15) is 18.2 Å². The van der Waals surface area contributed by atoms with Gasteiger partial charge in [0.2, 0.25) is 5.89 Å². The summed E-state index contributed by atoms with van der Waals surface area (Å²) in [7, 11) is 0. The smallest absolute Gasteiger partial charge is 0.475 e. The molecule has 0 amide bonds. The number of ether oxygens (including phenoxy) is 1. The molecule has 0 aromatic carbocycles. The highest BCUT2D eigenvalue weighted by atomic mass is 32.1. The summed E-state index contributed by atoms with van der Waals surface area (Å²) in [6.07, 6.45) is -2.66. The number of aryl methyl sites for hydroxylation is 2. The van der Waals surface area contributed by atoms with Crippen molar-refractivity contribution in [2.24, 2.45) is 0 Å². The first kappa shape index (κ1) is 21.7. The molecule has 29 heavy (non-hydrogen) atoms. The molecular weight excluding hydrogens is 411 g/mol. The zero-order valence-corrected chi connectivity index (χ0v) is 16.8. The van der Waals surface area contributed by atoms with Crippen molar-refractivity contribution in [1.29, 1.82) is 0 Å². The van der Waals surface area contributed by atoms with Gasteiger partial charge in [0, 0.05) is 35.5 Å². The molecule has 7 nitrogen and oxygen atoms in total. The Morgan fingerprint density at radius 2 is 2.10 bits per heavy atom. The molecule has 0 saturated carbocycles. The zero-order valence-electron chi connectivity index (χ0n) is 16.0. The van der Waals surface area contributed by atoms with Crippen LogP contribution in [0.4, 0.5) is 13.2 Å². The number of rotatable bonds is 3. The fraction of sp³-hybridized carbons (Fsp3) is 0.611. The number of thiophene rings is 1. The Kier molecular flexibility index (Phi) is 6.59. The van der Waals surface area contributed by atoms with E-state index in [2.05, 4.69) is 34.1 Å². The standard InChI is InChI=1S/C16H21N3O2S.C2HF3O2/c1-10-3-4-13(22-10)9-19-8-12(16-17-11(2)18-21-16)7-15-14(19)5-6-20-15;3-2(4,5)1(6)7/h3-4,12,14-15H,5-9H2,1-2H3;(H,6,7)/t12-,14+,15+;/m0./s1. The van der Waals surface area contributed by atoms with Crippen LogP contribution in [0.3, 0.4) is 0 Å². The predicted molar refractivity (Wildman–Crippen MR) is 97.7 cm³/mol. The molecule has 2 aromatic heterocycles. The summed E-state index contributed by atoms with van der Waals surface area (Å²) in [5, 5.41) is 11.1. The molecule has 2 aliphatic rings. The summed E-state index contributed by atoms with van der Waals surface area (Å²) in [6, 6.07) is 4.97. The molecule has 0 radical (unpaired) electrons. The highest BCUT2D eigenvalue weighted by Gasteiger charge is 2.42. The SMILES string of the molecule is Cc1noc([C@H]2C[C@H]3OCC[C@H]3N(Cc3ccc(C)s3)C2)n1.O=C(O)C(F)(F)F. The van der Waals surface area contributed by atoms with Crippen LogP contribution in [0.1, 0.15) is 40.2 Å². The van der Waals surface area contributed by atoms with E-state index in [0.717, 1.165) is 38.4 Å². The van der Waals surface area contributed by atoms with E-state index in [0.29, 0.717) is 18.0 Å². The Hall–Kier alpha value is -1.98. The lowest BCUT2D eigenvalue weighted by Gasteiger charge is -2.39. The number of carbonyl (C=O) groups is 1.